The van der Waals surface area contributed by atoms with Gasteiger partial charge >= 0.3 is 13.1 Å². The molecule has 2 amide bonds. The molecule has 172 valence electrons. The summed E-state index contributed by atoms with van der Waals surface area (Å²) in [6.07, 6.45) is 6.45. The van der Waals surface area contributed by atoms with Crippen LogP contribution in [0, 0.1) is 0 Å². The number of rotatable bonds is 7. The Hall–Kier alpha value is -2.37. The summed E-state index contributed by atoms with van der Waals surface area (Å²) in [6.45, 7) is 4.58. The summed E-state index contributed by atoms with van der Waals surface area (Å²) in [5, 5.41) is 24.6. The van der Waals surface area contributed by atoms with Crippen LogP contribution in [0.1, 0.15) is 55.4 Å². The van der Waals surface area contributed by atoms with Crippen molar-refractivity contribution >= 4 is 28.9 Å². The van der Waals surface area contributed by atoms with E-state index in [0.717, 1.165) is 48.9 Å². The van der Waals surface area contributed by atoms with Crippen LogP contribution in [-0.2, 0) is 41.2 Å². The van der Waals surface area contributed by atoms with Crippen LogP contribution in [0.3, 0.4) is 0 Å². The first-order valence-corrected chi connectivity index (χ1v) is 12.5. The molecule has 2 aromatic rings. The highest BCUT2D eigenvalue weighted by molar-refractivity contribution is 7.90. The first-order valence-electron chi connectivity index (χ1n) is 11.0. The molecule has 2 aliphatic rings. The van der Waals surface area contributed by atoms with Crippen LogP contribution in [0.25, 0.3) is 0 Å². The lowest BCUT2D eigenvalue weighted by atomic mass is 9.85. The number of nitrogens with one attached hydrogen (secondary N) is 2. The third kappa shape index (κ3) is 4.42. The van der Waals surface area contributed by atoms with Gasteiger partial charge in [-0.05, 0) is 78.6 Å². The molecule has 1 aromatic heterocycles. The van der Waals surface area contributed by atoms with E-state index in [4.69, 9.17) is 10.0 Å². The van der Waals surface area contributed by atoms with Crippen LogP contribution in [0.5, 0.6) is 0 Å². The Morgan fingerprint density at radius 2 is 2.03 bits per heavy atom. The summed E-state index contributed by atoms with van der Waals surface area (Å²) in [6, 6.07) is 2.79. The van der Waals surface area contributed by atoms with Crippen LogP contribution in [-0.4, -0.2) is 41.4 Å². The molecular formula is C21H29BN4O5S. The number of hydrogen-bond acceptors (Lipinski definition) is 6. The summed E-state index contributed by atoms with van der Waals surface area (Å²) >= 11 is 0. The molecule has 0 saturated heterocycles. The highest BCUT2D eigenvalue weighted by Crippen LogP contribution is 2.46. The second-order valence-corrected chi connectivity index (χ2v) is 10.9. The monoisotopic (exact) mass is 460 g/mol. The number of sulfonamides is 1. The Balaban J connectivity index is 1.54. The number of urea groups is 1. The van der Waals surface area contributed by atoms with Crippen LogP contribution < -0.4 is 10.0 Å². The Morgan fingerprint density at radius 3 is 2.78 bits per heavy atom. The largest absolute Gasteiger partial charge is 0.451 e. The Morgan fingerprint density at radius 1 is 1.25 bits per heavy atom. The zero-order valence-corrected chi connectivity index (χ0v) is 19.2. The molecule has 2 aliphatic carbocycles. The molecule has 11 heteroatoms. The van der Waals surface area contributed by atoms with Crippen LogP contribution in [0.2, 0.25) is 6.32 Å². The first kappa shape index (κ1) is 22.8. The number of anilines is 1. The van der Waals surface area contributed by atoms with Gasteiger partial charge in [0.1, 0.15) is 0 Å². The molecule has 0 spiro atoms. The van der Waals surface area contributed by atoms with Gasteiger partial charge in [-0.2, -0.15) is 13.5 Å². The van der Waals surface area contributed by atoms with Gasteiger partial charge in [-0.3, -0.25) is 4.68 Å². The van der Waals surface area contributed by atoms with Gasteiger partial charge in [-0.15, -0.1) is 0 Å². The van der Waals surface area contributed by atoms with E-state index >= 15 is 0 Å². The van der Waals surface area contributed by atoms with Crippen molar-refractivity contribution in [2.75, 3.05) is 5.32 Å². The van der Waals surface area contributed by atoms with E-state index < -0.39 is 23.2 Å². The molecular weight excluding hydrogens is 431 g/mol. The fraction of sp³-hybridized carbons (Fsp3) is 0.524. The van der Waals surface area contributed by atoms with Gasteiger partial charge in [0, 0.05) is 12.2 Å². The highest BCUT2D eigenvalue weighted by Gasteiger charge is 2.35. The molecule has 1 aromatic carbocycles. The molecule has 0 aliphatic heterocycles. The molecule has 4 rings (SSSR count). The van der Waals surface area contributed by atoms with E-state index in [0.29, 0.717) is 6.42 Å². The molecule has 0 fully saturated rings. The van der Waals surface area contributed by atoms with E-state index in [-0.39, 0.29) is 23.3 Å². The highest BCUT2D eigenvalue weighted by atomic mass is 32.2. The summed E-state index contributed by atoms with van der Waals surface area (Å²) in [5.74, 6) is 0. The van der Waals surface area contributed by atoms with Crippen molar-refractivity contribution in [1.82, 2.24) is 14.5 Å². The van der Waals surface area contributed by atoms with Crippen LogP contribution >= 0.6 is 0 Å². The molecule has 4 N–H and O–H groups in total. The molecule has 32 heavy (non-hydrogen) atoms. The Bertz CT molecular complexity index is 1140. The van der Waals surface area contributed by atoms with Crippen LogP contribution in [0.15, 0.2) is 23.4 Å². The maximum atomic E-state index is 12.9. The predicted octanol–water partition coefficient (Wildman–Crippen LogP) is 1.97. The van der Waals surface area contributed by atoms with Gasteiger partial charge in [0.05, 0.1) is 6.20 Å². The molecule has 0 saturated carbocycles. The second-order valence-electron chi connectivity index (χ2n) is 9.23. The van der Waals surface area contributed by atoms with Gasteiger partial charge < -0.3 is 15.4 Å². The van der Waals surface area contributed by atoms with Crippen LogP contribution in [0.4, 0.5) is 10.5 Å². The van der Waals surface area contributed by atoms with Gasteiger partial charge in [0.25, 0.3) is 10.0 Å². The molecule has 0 unspecified atom stereocenters. The summed E-state index contributed by atoms with van der Waals surface area (Å²) in [5.41, 5.74) is 5.48. The standard InChI is InChI=1S/C21H29BN4O5S/c1-21(2)9-7-16-17(21)13-14-5-3-6-15(14)19(16)24-20(27)25-32(30,31)18-8-11-23-26(18)12-4-10-22(28)29/h8,11,13,28-29H,3-7,9-10,12H2,1-2H3,(H2,24,25,27). The maximum Gasteiger partial charge on any atom is 0.451 e. The van der Waals surface area contributed by atoms with Crippen molar-refractivity contribution in [3.05, 3.63) is 40.6 Å². The van der Waals surface area contributed by atoms with Crippen molar-refractivity contribution in [1.29, 1.82) is 0 Å². The van der Waals surface area contributed by atoms with Gasteiger partial charge in [0.2, 0.25) is 0 Å². The number of hydrogen-bond donors (Lipinski definition) is 4. The van der Waals surface area contributed by atoms with Gasteiger partial charge in [0.15, 0.2) is 5.03 Å². The number of amides is 2. The van der Waals surface area contributed by atoms with E-state index in [2.05, 4.69) is 35.1 Å². The third-order valence-corrected chi connectivity index (χ3v) is 7.84. The van der Waals surface area contributed by atoms with E-state index in [1.165, 1.54) is 28.1 Å². The lowest BCUT2D eigenvalue weighted by Gasteiger charge is -2.22. The van der Waals surface area contributed by atoms with Crippen molar-refractivity contribution in [3.63, 3.8) is 0 Å². The average molecular weight is 460 g/mol. The van der Waals surface area contributed by atoms with Crippen molar-refractivity contribution in [2.45, 2.75) is 75.7 Å². The molecule has 0 bridgehead atoms. The number of aromatic nitrogens is 2. The van der Waals surface area contributed by atoms with Gasteiger partial charge in [-0.1, -0.05) is 19.9 Å². The SMILES string of the molecule is CC1(C)CCc2c1cc1c(c2NC(=O)NS(=O)(=O)c2ccnn2CCCB(O)O)CCC1. The third-order valence-electron chi connectivity index (χ3n) is 6.49. The number of aryl methyl sites for hydroxylation is 2. The van der Waals surface area contributed by atoms with Crippen molar-refractivity contribution in [2.24, 2.45) is 0 Å². The lowest BCUT2D eigenvalue weighted by Crippen LogP contribution is -2.36. The molecule has 0 radical (unpaired) electrons. The maximum absolute atomic E-state index is 12.9. The fourth-order valence-corrected chi connectivity index (χ4v) is 5.89. The topological polar surface area (TPSA) is 134 Å². The second kappa shape index (κ2) is 8.53. The van der Waals surface area contributed by atoms with Crippen molar-refractivity contribution in [3.8, 4) is 0 Å². The van der Waals surface area contributed by atoms with Gasteiger partial charge in [-0.25, -0.2) is 9.52 Å². The Labute approximate surface area is 188 Å². The normalized spacial score (nSPS) is 16.5. The number of benzene rings is 1. The smallest absolute Gasteiger partial charge is 0.427 e. The average Bonchev–Trinajstić information content (AvgIpc) is 3.41. The van der Waals surface area contributed by atoms with E-state index in [9.17, 15) is 13.2 Å². The zero-order valence-electron chi connectivity index (χ0n) is 18.4. The Kier molecular flexibility index (Phi) is 6.08. The minimum atomic E-state index is -4.16. The quantitative estimate of drug-likeness (QED) is 0.467. The summed E-state index contributed by atoms with van der Waals surface area (Å²) < 4.78 is 29.0. The minimum absolute atomic E-state index is 0.0284. The van der Waals surface area contributed by atoms with E-state index in [1.54, 1.807) is 0 Å². The number of carbonyl (C=O) groups is 1. The van der Waals surface area contributed by atoms with E-state index in [1.807, 2.05) is 0 Å². The van der Waals surface area contributed by atoms with Crippen molar-refractivity contribution < 1.29 is 23.3 Å². The molecule has 1 heterocycles. The first-order chi connectivity index (χ1) is 15.1. The number of nitrogens with zero attached hydrogens (tertiary/aromatic N) is 2. The molecule has 0 atom stereocenters. The number of carbonyl (C=O) groups excluding carboxylic acids is 1. The summed E-state index contributed by atoms with van der Waals surface area (Å²) in [4.78, 5) is 12.8. The fourth-order valence-electron chi connectivity index (χ4n) is 4.83. The molecule has 9 nitrogen and oxygen atoms in total. The number of fused-ring (bicyclic) bond motifs is 2. The predicted molar refractivity (Wildman–Crippen MR) is 121 cm³/mol. The lowest BCUT2D eigenvalue weighted by molar-refractivity contribution is 0.256. The minimum Gasteiger partial charge on any atom is -0.427 e. The summed E-state index contributed by atoms with van der Waals surface area (Å²) in [7, 11) is -5.62. The zero-order chi connectivity index (χ0) is 23.1.